The van der Waals surface area contributed by atoms with Crippen molar-refractivity contribution in [3.05, 3.63) is 43.5 Å². The molecule has 1 aromatic carbocycles. The predicted octanol–water partition coefficient (Wildman–Crippen LogP) is 1.70. The van der Waals surface area contributed by atoms with Crippen molar-refractivity contribution in [1.82, 2.24) is 0 Å². The van der Waals surface area contributed by atoms with E-state index in [4.69, 9.17) is 5.73 Å². The average Bonchev–Trinajstić information content (AvgIpc) is 2.26. The van der Waals surface area contributed by atoms with E-state index in [1.807, 2.05) is 0 Å². The molecule has 2 N–H and O–H groups in total. The number of hydrogen-bond donors (Lipinski definition) is 1. The van der Waals surface area contributed by atoms with Gasteiger partial charge in [0.05, 0.1) is 15.9 Å². The lowest BCUT2D eigenvalue weighted by atomic mass is 10.0. The second kappa shape index (κ2) is 5.35. The molecule has 7 heteroatoms. The number of non-ortho nitro benzene ring substituents is 1. The van der Waals surface area contributed by atoms with Crippen molar-refractivity contribution in [3.8, 4) is 0 Å². The first kappa shape index (κ1) is 13.0. The van der Waals surface area contributed by atoms with Gasteiger partial charge in [0.25, 0.3) is 11.4 Å². The van der Waals surface area contributed by atoms with E-state index in [0.717, 1.165) is 6.07 Å². The number of nitrogens with zero attached hydrogens (tertiary/aromatic N) is 2. The molecule has 0 fully saturated rings. The summed E-state index contributed by atoms with van der Waals surface area (Å²) in [4.78, 5) is 20.2. The summed E-state index contributed by atoms with van der Waals surface area (Å²) in [6.07, 6.45) is 1.14. The van der Waals surface area contributed by atoms with Gasteiger partial charge in [-0.05, 0) is 31.9 Å². The topological polar surface area (TPSA) is 112 Å². The molecular weight excluding hydrogens is 226 g/mol. The van der Waals surface area contributed by atoms with Crippen molar-refractivity contribution in [2.45, 2.75) is 19.8 Å². The Bertz CT molecular complexity index is 459. The first-order valence-electron chi connectivity index (χ1n) is 5.09. The van der Waals surface area contributed by atoms with Gasteiger partial charge < -0.3 is 5.73 Å². The molecule has 0 atom stereocenters. The zero-order valence-corrected chi connectivity index (χ0v) is 9.38. The number of benzene rings is 1. The fraction of sp³-hybridized carbons (Fsp3) is 0.400. The molecule has 0 heterocycles. The summed E-state index contributed by atoms with van der Waals surface area (Å²) in [7, 11) is 0. The monoisotopic (exact) mass is 239 g/mol. The highest BCUT2D eigenvalue weighted by molar-refractivity contribution is 5.53. The van der Waals surface area contributed by atoms with Crippen molar-refractivity contribution < 1.29 is 9.85 Å². The lowest BCUT2D eigenvalue weighted by Crippen LogP contribution is -2.04. The largest absolute Gasteiger partial charge is 0.330 e. The highest BCUT2D eigenvalue weighted by Crippen LogP contribution is 2.28. The summed E-state index contributed by atoms with van der Waals surface area (Å²) in [6, 6.07) is 2.36. The summed E-state index contributed by atoms with van der Waals surface area (Å²) < 4.78 is 0. The molecular formula is C10H13N3O4. The van der Waals surface area contributed by atoms with Crippen molar-refractivity contribution in [1.29, 1.82) is 0 Å². The van der Waals surface area contributed by atoms with E-state index in [0.29, 0.717) is 30.5 Å². The van der Waals surface area contributed by atoms with Crippen LogP contribution in [0.15, 0.2) is 12.1 Å². The maximum atomic E-state index is 10.8. The standard InChI is InChI=1S/C10H13N3O4/c1-7-8(3-2-4-11)5-9(12(14)15)6-10(7)13(16)17/h5-6H,2-4,11H2,1H3. The summed E-state index contributed by atoms with van der Waals surface area (Å²) in [5.74, 6) is 0. The Morgan fingerprint density at radius 3 is 2.35 bits per heavy atom. The van der Waals surface area contributed by atoms with Gasteiger partial charge in [-0.15, -0.1) is 0 Å². The van der Waals surface area contributed by atoms with Crippen LogP contribution in [-0.2, 0) is 6.42 Å². The highest BCUT2D eigenvalue weighted by atomic mass is 16.6. The zero-order chi connectivity index (χ0) is 13.0. The van der Waals surface area contributed by atoms with E-state index in [9.17, 15) is 20.2 Å². The summed E-state index contributed by atoms with van der Waals surface area (Å²) in [5, 5.41) is 21.5. The molecule has 0 aliphatic heterocycles. The van der Waals surface area contributed by atoms with Crippen LogP contribution in [0.4, 0.5) is 11.4 Å². The van der Waals surface area contributed by atoms with Crippen LogP contribution in [0.5, 0.6) is 0 Å². The number of rotatable bonds is 5. The third-order valence-corrected chi connectivity index (χ3v) is 2.53. The normalized spacial score (nSPS) is 10.2. The van der Waals surface area contributed by atoms with Crippen molar-refractivity contribution in [3.63, 3.8) is 0 Å². The van der Waals surface area contributed by atoms with Gasteiger partial charge in [0.1, 0.15) is 0 Å². The Labute approximate surface area is 97.5 Å². The van der Waals surface area contributed by atoms with Crippen LogP contribution in [-0.4, -0.2) is 16.4 Å². The summed E-state index contributed by atoms with van der Waals surface area (Å²) in [5.41, 5.74) is 5.96. The number of nitro benzene ring substituents is 2. The minimum absolute atomic E-state index is 0.216. The molecule has 0 aromatic heterocycles. The Balaban J connectivity index is 3.27. The Hall–Kier alpha value is -2.02. The molecule has 0 saturated carbocycles. The molecule has 0 radical (unpaired) electrons. The maximum Gasteiger partial charge on any atom is 0.279 e. The second-order valence-electron chi connectivity index (χ2n) is 3.66. The lowest BCUT2D eigenvalue weighted by Gasteiger charge is -2.05. The molecule has 0 aliphatic carbocycles. The summed E-state index contributed by atoms with van der Waals surface area (Å²) in [6.45, 7) is 2.03. The Morgan fingerprint density at radius 2 is 1.88 bits per heavy atom. The fourth-order valence-corrected chi connectivity index (χ4v) is 1.59. The van der Waals surface area contributed by atoms with Crippen LogP contribution in [0.25, 0.3) is 0 Å². The number of nitrogens with two attached hydrogens (primary N) is 1. The van der Waals surface area contributed by atoms with Crippen LogP contribution in [0.3, 0.4) is 0 Å². The fourth-order valence-electron chi connectivity index (χ4n) is 1.59. The zero-order valence-electron chi connectivity index (χ0n) is 9.38. The molecule has 0 spiro atoms. The molecule has 0 saturated heterocycles. The molecule has 17 heavy (non-hydrogen) atoms. The van der Waals surface area contributed by atoms with Gasteiger partial charge in [-0.1, -0.05) is 0 Å². The van der Waals surface area contributed by atoms with Gasteiger partial charge in [0.15, 0.2) is 0 Å². The first-order valence-corrected chi connectivity index (χ1v) is 5.09. The van der Waals surface area contributed by atoms with Crippen LogP contribution in [0.1, 0.15) is 17.5 Å². The van der Waals surface area contributed by atoms with E-state index < -0.39 is 9.85 Å². The van der Waals surface area contributed by atoms with E-state index in [1.165, 1.54) is 6.07 Å². The van der Waals surface area contributed by atoms with Crippen LogP contribution >= 0.6 is 0 Å². The third kappa shape index (κ3) is 2.97. The van der Waals surface area contributed by atoms with E-state index in [2.05, 4.69) is 0 Å². The summed E-state index contributed by atoms with van der Waals surface area (Å²) >= 11 is 0. The molecule has 92 valence electrons. The SMILES string of the molecule is Cc1c(CCCN)cc([N+](=O)[O-])cc1[N+](=O)[O-]. The molecule has 0 aliphatic rings. The van der Waals surface area contributed by atoms with Crippen LogP contribution in [0.2, 0.25) is 0 Å². The molecule has 1 aromatic rings. The van der Waals surface area contributed by atoms with Crippen molar-refractivity contribution in [2.24, 2.45) is 5.73 Å². The highest BCUT2D eigenvalue weighted by Gasteiger charge is 2.20. The van der Waals surface area contributed by atoms with Crippen molar-refractivity contribution in [2.75, 3.05) is 6.54 Å². The molecule has 0 amide bonds. The lowest BCUT2D eigenvalue weighted by molar-refractivity contribution is -0.394. The Morgan fingerprint density at radius 1 is 1.24 bits per heavy atom. The van der Waals surface area contributed by atoms with Gasteiger partial charge in [0, 0.05) is 11.6 Å². The molecule has 0 bridgehead atoms. The van der Waals surface area contributed by atoms with Gasteiger partial charge >= 0.3 is 0 Å². The molecule has 0 unspecified atom stereocenters. The average molecular weight is 239 g/mol. The van der Waals surface area contributed by atoms with Crippen LogP contribution < -0.4 is 5.73 Å². The molecule has 1 rings (SSSR count). The number of aryl methyl sites for hydroxylation is 1. The van der Waals surface area contributed by atoms with Crippen LogP contribution in [0, 0.1) is 27.2 Å². The van der Waals surface area contributed by atoms with Gasteiger partial charge in [-0.25, -0.2) is 0 Å². The first-order chi connectivity index (χ1) is 7.97. The smallest absolute Gasteiger partial charge is 0.279 e. The predicted molar refractivity (Wildman–Crippen MR) is 61.9 cm³/mol. The van der Waals surface area contributed by atoms with E-state index in [-0.39, 0.29) is 11.4 Å². The van der Waals surface area contributed by atoms with Gasteiger partial charge in [-0.3, -0.25) is 20.2 Å². The van der Waals surface area contributed by atoms with Crippen molar-refractivity contribution >= 4 is 11.4 Å². The van der Waals surface area contributed by atoms with Gasteiger partial charge in [-0.2, -0.15) is 0 Å². The third-order valence-electron chi connectivity index (χ3n) is 2.53. The molecule has 7 nitrogen and oxygen atoms in total. The second-order valence-corrected chi connectivity index (χ2v) is 3.66. The maximum absolute atomic E-state index is 10.8. The minimum atomic E-state index is -0.627. The van der Waals surface area contributed by atoms with E-state index >= 15 is 0 Å². The number of hydrogen-bond acceptors (Lipinski definition) is 5. The Kier molecular flexibility index (Phi) is 4.11. The number of nitro groups is 2. The van der Waals surface area contributed by atoms with E-state index in [1.54, 1.807) is 6.92 Å². The minimum Gasteiger partial charge on any atom is -0.330 e. The quantitative estimate of drug-likeness (QED) is 0.620. The van der Waals surface area contributed by atoms with Gasteiger partial charge in [0.2, 0.25) is 0 Å².